The summed E-state index contributed by atoms with van der Waals surface area (Å²) in [5, 5.41) is 6.59. The van der Waals surface area contributed by atoms with Gasteiger partial charge >= 0.3 is 0 Å². The maximum absolute atomic E-state index is 5.74. The van der Waals surface area contributed by atoms with Gasteiger partial charge in [-0.2, -0.15) is 5.10 Å². The third kappa shape index (κ3) is 2.76. The SMILES string of the molecule is COCCOc1ccc(-c2cn[nH]c2N)cc1. The molecule has 0 bridgehead atoms. The number of anilines is 1. The van der Waals surface area contributed by atoms with Crippen molar-refractivity contribution in [3.63, 3.8) is 0 Å². The first-order valence-corrected chi connectivity index (χ1v) is 5.32. The van der Waals surface area contributed by atoms with Crippen LogP contribution < -0.4 is 10.5 Å². The number of nitrogens with zero attached hydrogens (tertiary/aromatic N) is 1. The number of rotatable bonds is 5. The summed E-state index contributed by atoms with van der Waals surface area (Å²) in [7, 11) is 1.65. The predicted octanol–water partition coefficient (Wildman–Crippen LogP) is 1.68. The summed E-state index contributed by atoms with van der Waals surface area (Å²) in [5.41, 5.74) is 7.65. The number of aromatic amines is 1. The van der Waals surface area contributed by atoms with Gasteiger partial charge in [-0.05, 0) is 17.7 Å². The van der Waals surface area contributed by atoms with E-state index in [-0.39, 0.29) is 0 Å². The van der Waals surface area contributed by atoms with Crippen molar-refractivity contribution < 1.29 is 9.47 Å². The summed E-state index contributed by atoms with van der Waals surface area (Å²) >= 11 is 0. The van der Waals surface area contributed by atoms with Gasteiger partial charge in [0.2, 0.25) is 0 Å². The van der Waals surface area contributed by atoms with Gasteiger partial charge in [-0.1, -0.05) is 12.1 Å². The van der Waals surface area contributed by atoms with Crippen LogP contribution in [0, 0.1) is 0 Å². The normalized spacial score (nSPS) is 10.4. The molecule has 5 nitrogen and oxygen atoms in total. The summed E-state index contributed by atoms with van der Waals surface area (Å²) in [5.74, 6) is 1.38. The number of hydrogen-bond acceptors (Lipinski definition) is 4. The molecule has 0 saturated carbocycles. The molecule has 1 heterocycles. The smallest absolute Gasteiger partial charge is 0.126 e. The van der Waals surface area contributed by atoms with Crippen LogP contribution in [0.3, 0.4) is 0 Å². The topological polar surface area (TPSA) is 73.2 Å². The Bertz CT molecular complexity index is 465. The lowest BCUT2D eigenvalue weighted by molar-refractivity contribution is 0.146. The van der Waals surface area contributed by atoms with Crippen LogP contribution in [0.5, 0.6) is 5.75 Å². The second kappa shape index (κ2) is 5.36. The van der Waals surface area contributed by atoms with Crippen molar-refractivity contribution >= 4 is 5.82 Å². The molecule has 2 aromatic rings. The van der Waals surface area contributed by atoms with Gasteiger partial charge < -0.3 is 15.2 Å². The molecule has 1 aromatic heterocycles. The van der Waals surface area contributed by atoms with Crippen LogP contribution in [-0.4, -0.2) is 30.5 Å². The van der Waals surface area contributed by atoms with Crippen molar-refractivity contribution in [3.8, 4) is 16.9 Å². The van der Waals surface area contributed by atoms with Crippen molar-refractivity contribution in [2.45, 2.75) is 0 Å². The Morgan fingerprint density at radius 2 is 2.00 bits per heavy atom. The minimum atomic E-state index is 0.545. The molecule has 17 heavy (non-hydrogen) atoms. The molecule has 0 radical (unpaired) electrons. The van der Waals surface area contributed by atoms with E-state index in [4.69, 9.17) is 15.2 Å². The highest BCUT2D eigenvalue weighted by Crippen LogP contribution is 2.25. The zero-order valence-electron chi connectivity index (χ0n) is 9.64. The van der Waals surface area contributed by atoms with Crippen molar-refractivity contribution in [1.29, 1.82) is 0 Å². The number of nitrogen functional groups attached to an aromatic ring is 1. The molecule has 90 valence electrons. The van der Waals surface area contributed by atoms with E-state index in [0.717, 1.165) is 16.9 Å². The standard InChI is InChI=1S/C12H15N3O2/c1-16-6-7-17-10-4-2-9(3-5-10)11-8-14-15-12(11)13/h2-5,8H,6-7H2,1H3,(H3,13,14,15). The second-order valence-corrected chi connectivity index (χ2v) is 3.56. The molecule has 0 saturated heterocycles. The largest absolute Gasteiger partial charge is 0.491 e. The molecule has 0 unspecified atom stereocenters. The molecule has 0 fully saturated rings. The van der Waals surface area contributed by atoms with Gasteiger partial charge in [-0.3, -0.25) is 5.10 Å². The number of benzene rings is 1. The van der Waals surface area contributed by atoms with Gasteiger partial charge in [-0.15, -0.1) is 0 Å². The van der Waals surface area contributed by atoms with Crippen molar-refractivity contribution in [2.75, 3.05) is 26.1 Å². The number of nitrogens with two attached hydrogens (primary N) is 1. The molecule has 3 N–H and O–H groups in total. The summed E-state index contributed by atoms with van der Waals surface area (Å²) < 4.78 is 10.4. The van der Waals surface area contributed by atoms with Crippen LogP contribution >= 0.6 is 0 Å². The second-order valence-electron chi connectivity index (χ2n) is 3.56. The third-order valence-corrected chi connectivity index (χ3v) is 2.39. The van der Waals surface area contributed by atoms with E-state index in [9.17, 15) is 0 Å². The van der Waals surface area contributed by atoms with Gasteiger partial charge in [-0.25, -0.2) is 0 Å². The van der Waals surface area contributed by atoms with Crippen molar-refractivity contribution in [3.05, 3.63) is 30.5 Å². The zero-order valence-corrected chi connectivity index (χ0v) is 9.64. The van der Waals surface area contributed by atoms with Crippen LogP contribution in [0.25, 0.3) is 11.1 Å². The predicted molar refractivity (Wildman–Crippen MR) is 65.8 cm³/mol. The average molecular weight is 233 g/mol. The highest BCUT2D eigenvalue weighted by Gasteiger charge is 2.04. The Morgan fingerprint density at radius 1 is 1.24 bits per heavy atom. The number of H-pyrrole nitrogens is 1. The van der Waals surface area contributed by atoms with Crippen LogP contribution in [0.4, 0.5) is 5.82 Å². The van der Waals surface area contributed by atoms with E-state index in [1.165, 1.54) is 0 Å². The van der Waals surface area contributed by atoms with Crippen LogP contribution in [0.1, 0.15) is 0 Å². The van der Waals surface area contributed by atoms with Gasteiger partial charge in [0, 0.05) is 12.7 Å². The molecular formula is C12H15N3O2. The van der Waals surface area contributed by atoms with Gasteiger partial charge in [0.1, 0.15) is 18.2 Å². The Kier molecular flexibility index (Phi) is 3.62. The van der Waals surface area contributed by atoms with Gasteiger partial charge in [0.25, 0.3) is 0 Å². The first-order chi connectivity index (χ1) is 8.31. The molecule has 0 spiro atoms. The summed E-state index contributed by atoms with van der Waals surface area (Å²) in [4.78, 5) is 0. The number of hydrogen-bond donors (Lipinski definition) is 2. The molecule has 0 aliphatic rings. The monoisotopic (exact) mass is 233 g/mol. The fourth-order valence-electron chi connectivity index (χ4n) is 1.50. The van der Waals surface area contributed by atoms with E-state index < -0.39 is 0 Å². The molecule has 1 aromatic carbocycles. The van der Waals surface area contributed by atoms with Crippen molar-refractivity contribution in [2.24, 2.45) is 0 Å². The van der Waals surface area contributed by atoms with E-state index >= 15 is 0 Å². The number of ether oxygens (including phenoxy) is 2. The quantitative estimate of drug-likeness (QED) is 0.771. The van der Waals surface area contributed by atoms with Gasteiger partial charge in [0.05, 0.1) is 12.8 Å². The Morgan fingerprint density at radius 3 is 2.59 bits per heavy atom. The van der Waals surface area contributed by atoms with Crippen molar-refractivity contribution in [1.82, 2.24) is 10.2 Å². The first-order valence-electron chi connectivity index (χ1n) is 5.32. The fourth-order valence-corrected chi connectivity index (χ4v) is 1.50. The summed E-state index contributed by atoms with van der Waals surface area (Å²) in [6.07, 6.45) is 1.70. The number of nitrogens with one attached hydrogen (secondary N) is 1. The van der Waals surface area contributed by atoms with Gasteiger partial charge in [0.15, 0.2) is 0 Å². The lowest BCUT2D eigenvalue weighted by Crippen LogP contribution is -2.03. The first kappa shape index (κ1) is 11.5. The van der Waals surface area contributed by atoms with E-state index in [1.54, 1.807) is 13.3 Å². The Balaban J connectivity index is 2.06. The van der Waals surface area contributed by atoms with Crippen LogP contribution in [0.15, 0.2) is 30.5 Å². The summed E-state index contributed by atoms with van der Waals surface area (Å²) in [6, 6.07) is 7.70. The molecule has 0 aliphatic carbocycles. The molecule has 0 aliphatic heterocycles. The minimum absolute atomic E-state index is 0.545. The van der Waals surface area contributed by atoms with Crippen LogP contribution in [-0.2, 0) is 4.74 Å². The Hall–Kier alpha value is -2.01. The van der Waals surface area contributed by atoms with Crippen LogP contribution in [0.2, 0.25) is 0 Å². The lowest BCUT2D eigenvalue weighted by Gasteiger charge is -2.06. The summed E-state index contributed by atoms with van der Waals surface area (Å²) in [6.45, 7) is 1.13. The third-order valence-electron chi connectivity index (χ3n) is 2.39. The molecule has 2 rings (SSSR count). The Labute approximate surface area is 99.5 Å². The fraction of sp³-hybridized carbons (Fsp3) is 0.250. The highest BCUT2D eigenvalue weighted by molar-refractivity contribution is 5.73. The van der Waals surface area contributed by atoms with E-state index in [0.29, 0.717) is 19.0 Å². The van der Waals surface area contributed by atoms with E-state index in [2.05, 4.69) is 10.2 Å². The number of aromatic nitrogens is 2. The molecule has 0 atom stereocenters. The molecular weight excluding hydrogens is 218 g/mol. The number of methoxy groups -OCH3 is 1. The lowest BCUT2D eigenvalue weighted by atomic mass is 10.1. The minimum Gasteiger partial charge on any atom is -0.491 e. The maximum Gasteiger partial charge on any atom is 0.126 e. The highest BCUT2D eigenvalue weighted by atomic mass is 16.5. The molecule has 0 amide bonds. The average Bonchev–Trinajstić information content (AvgIpc) is 2.77. The maximum atomic E-state index is 5.74. The molecule has 5 heteroatoms. The zero-order chi connectivity index (χ0) is 12.1. The van der Waals surface area contributed by atoms with E-state index in [1.807, 2.05) is 24.3 Å².